The van der Waals surface area contributed by atoms with Crippen molar-refractivity contribution in [2.45, 2.75) is 26.8 Å². The number of carbonyl (C=O) groups is 1. The third kappa shape index (κ3) is 2.01. The second-order valence-electron chi connectivity index (χ2n) is 5.44. The summed E-state index contributed by atoms with van der Waals surface area (Å²) in [6.07, 6.45) is 0.810. The van der Waals surface area contributed by atoms with Gasteiger partial charge in [0.05, 0.1) is 0 Å². The molecule has 1 aliphatic heterocycles. The van der Waals surface area contributed by atoms with E-state index in [1.54, 1.807) is 6.07 Å². The number of hydrogen-bond donors (Lipinski definition) is 1. The van der Waals surface area contributed by atoms with E-state index in [-0.39, 0.29) is 17.6 Å². The van der Waals surface area contributed by atoms with E-state index in [1.807, 2.05) is 18.7 Å². The number of hydrogen-bond acceptors (Lipinski definition) is 1. The Morgan fingerprint density at radius 2 is 2.21 bits per heavy atom. The summed E-state index contributed by atoms with van der Waals surface area (Å²) >= 11 is 0. The summed E-state index contributed by atoms with van der Waals surface area (Å²) in [5.41, 5.74) is 3.09. The zero-order valence-corrected chi connectivity index (χ0v) is 11.2. The summed E-state index contributed by atoms with van der Waals surface area (Å²) in [5.74, 6) is -0.0347. The van der Waals surface area contributed by atoms with Gasteiger partial charge in [-0.05, 0) is 18.2 Å². The van der Waals surface area contributed by atoms with E-state index in [9.17, 15) is 9.18 Å². The van der Waals surface area contributed by atoms with Crippen LogP contribution in [0.2, 0.25) is 0 Å². The predicted octanol–water partition coefficient (Wildman–Crippen LogP) is 2.85. The standard InChI is InChI=1S/C15H17FN2O/c1-9(2)15(19)18-6-5-13-12(8-18)11-4-3-10(16)7-14(11)17-13/h3-4,7,9,17H,5-6,8H2,1-2H3. The Bertz CT molecular complexity index is 645. The molecule has 3 nitrogen and oxygen atoms in total. The third-order valence-corrected chi connectivity index (χ3v) is 3.74. The highest BCUT2D eigenvalue weighted by Gasteiger charge is 2.25. The Hall–Kier alpha value is -1.84. The van der Waals surface area contributed by atoms with Crippen molar-refractivity contribution in [1.29, 1.82) is 0 Å². The third-order valence-electron chi connectivity index (χ3n) is 3.74. The monoisotopic (exact) mass is 260 g/mol. The second kappa shape index (κ2) is 4.37. The molecule has 1 aromatic carbocycles. The van der Waals surface area contributed by atoms with Crippen LogP contribution in [0.1, 0.15) is 25.1 Å². The fourth-order valence-corrected chi connectivity index (χ4v) is 2.75. The van der Waals surface area contributed by atoms with Crippen LogP contribution >= 0.6 is 0 Å². The summed E-state index contributed by atoms with van der Waals surface area (Å²) in [5, 5.41) is 1.03. The summed E-state index contributed by atoms with van der Waals surface area (Å²) < 4.78 is 13.2. The fraction of sp³-hybridized carbons (Fsp3) is 0.400. The molecule has 2 heterocycles. The molecule has 0 saturated heterocycles. The van der Waals surface area contributed by atoms with Gasteiger partial charge in [0.25, 0.3) is 0 Å². The lowest BCUT2D eigenvalue weighted by atomic mass is 10.0. The van der Waals surface area contributed by atoms with Crippen molar-refractivity contribution in [1.82, 2.24) is 9.88 Å². The first-order chi connectivity index (χ1) is 9.06. The minimum absolute atomic E-state index is 0.0178. The van der Waals surface area contributed by atoms with Gasteiger partial charge in [0, 0.05) is 47.6 Å². The van der Waals surface area contributed by atoms with Gasteiger partial charge in [0.1, 0.15) is 5.82 Å². The number of fused-ring (bicyclic) bond motifs is 3. The Morgan fingerprint density at radius 3 is 2.95 bits per heavy atom. The quantitative estimate of drug-likeness (QED) is 0.841. The van der Waals surface area contributed by atoms with Crippen molar-refractivity contribution >= 4 is 16.8 Å². The summed E-state index contributed by atoms with van der Waals surface area (Å²) in [6, 6.07) is 4.78. The molecule has 0 spiro atoms. The largest absolute Gasteiger partial charge is 0.358 e. The highest BCUT2D eigenvalue weighted by atomic mass is 19.1. The molecule has 1 N–H and O–H groups in total. The maximum atomic E-state index is 13.2. The lowest BCUT2D eigenvalue weighted by Gasteiger charge is -2.28. The number of aromatic amines is 1. The number of carbonyl (C=O) groups excluding carboxylic acids is 1. The lowest BCUT2D eigenvalue weighted by molar-refractivity contribution is -0.135. The first-order valence-corrected chi connectivity index (χ1v) is 6.64. The summed E-state index contributed by atoms with van der Waals surface area (Å²) in [7, 11) is 0. The summed E-state index contributed by atoms with van der Waals surface area (Å²) in [4.78, 5) is 17.2. The second-order valence-corrected chi connectivity index (χ2v) is 5.44. The van der Waals surface area contributed by atoms with Crippen LogP contribution in [-0.2, 0) is 17.8 Å². The van der Waals surface area contributed by atoms with Gasteiger partial charge in [-0.15, -0.1) is 0 Å². The number of amides is 1. The molecular formula is C15H17FN2O. The van der Waals surface area contributed by atoms with Crippen LogP contribution in [0.25, 0.3) is 10.9 Å². The van der Waals surface area contributed by atoms with Gasteiger partial charge in [-0.2, -0.15) is 0 Å². The zero-order valence-electron chi connectivity index (χ0n) is 11.2. The molecule has 0 atom stereocenters. The van der Waals surface area contributed by atoms with E-state index < -0.39 is 0 Å². The number of halogens is 1. The number of nitrogens with zero attached hydrogens (tertiary/aromatic N) is 1. The van der Waals surface area contributed by atoms with Crippen molar-refractivity contribution in [3.63, 3.8) is 0 Å². The molecule has 1 amide bonds. The minimum Gasteiger partial charge on any atom is -0.358 e. The number of nitrogens with one attached hydrogen (secondary N) is 1. The van der Waals surface area contributed by atoms with E-state index in [0.29, 0.717) is 6.54 Å². The molecular weight excluding hydrogens is 243 g/mol. The number of rotatable bonds is 1. The predicted molar refractivity (Wildman–Crippen MR) is 72.2 cm³/mol. The molecule has 19 heavy (non-hydrogen) atoms. The van der Waals surface area contributed by atoms with Crippen molar-refractivity contribution < 1.29 is 9.18 Å². The van der Waals surface area contributed by atoms with Gasteiger partial charge in [0.15, 0.2) is 0 Å². The zero-order chi connectivity index (χ0) is 13.6. The van der Waals surface area contributed by atoms with Crippen LogP contribution in [-0.4, -0.2) is 22.3 Å². The highest BCUT2D eigenvalue weighted by Crippen LogP contribution is 2.28. The normalized spacial score (nSPS) is 15.1. The van der Waals surface area contributed by atoms with Crippen molar-refractivity contribution in [3.8, 4) is 0 Å². The smallest absolute Gasteiger partial charge is 0.225 e. The first-order valence-electron chi connectivity index (χ1n) is 6.64. The van der Waals surface area contributed by atoms with E-state index >= 15 is 0 Å². The molecule has 3 rings (SSSR count). The molecule has 0 aliphatic carbocycles. The Balaban J connectivity index is 2.00. The Morgan fingerprint density at radius 1 is 1.42 bits per heavy atom. The number of H-pyrrole nitrogens is 1. The average molecular weight is 260 g/mol. The molecule has 0 fully saturated rings. The van der Waals surface area contributed by atoms with Crippen LogP contribution in [0.4, 0.5) is 4.39 Å². The molecule has 1 aliphatic rings. The van der Waals surface area contributed by atoms with E-state index in [1.165, 1.54) is 12.1 Å². The van der Waals surface area contributed by atoms with Gasteiger partial charge in [0.2, 0.25) is 5.91 Å². The molecule has 2 aromatic rings. The van der Waals surface area contributed by atoms with Crippen molar-refractivity contribution in [2.75, 3.05) is 6.54 Å². The van der Waals surface area contributed by atoms with Crippen molar-refractivity contribution in [2.24, 2.45) is 5.92 Å². The van der Waals surface area contributed by atoms with Gasteiger partial charge >= 0.3 is 0 Å². The number of aromatic nitrogens is 1. The van der Waals surface area contributed by atoms with Gasteiger partial charge in [-0.25, -0.2) is 4.39 Å². The van der Waals surface area contributed by atoms with Crippen LogP contribution in [0.3, 0.4) is 0 Å². The molecule has 0 radical (unpaired) electrons. The minimum atomic E-state index is -0.235. The van der Waals surface area contributed by atoms with E-state index in [0.717, 1.165) is 35.1 Å². The highest BCUT2D eigenvalue weighted by molar-refractivity contribution is 5.86. The molecule has 0 saturated carbocycles. The molecule has 1 aromatic heterocycles. The fourth-order valence-electron chi connectivity index (χ4n) is 2.75. The maximum absolute atomic E-state index is 13.2. The maximum Gasteiger partial charge on any atom is 0.225 e. The molecule has 100 valence electrons. The summed E-state index contributed by atoms with van der Waals surface area (Å²) in [6.45, 7) is 5.20. The van der Waals surface area contributed by atoms with Crippen LogP contribution in [0.5, 0.6) is 0 Å². The lowest BCUT2D eigenvalue weighted by Crippen LogP contribution is -2.38. The molecule has 4 heteroatoms. The Labute approximate surface area is 111 Å². The Kier molecular flexibility index (Phi) is 2.81. The van der Waals surface area contributed by atoms with Crippen LogP contribution in [0, 0.1) is 11.7 Å². The average Bonchev–Trinajstić information content (AvgIpc) is 2.73. The van der Waals surface area contributed by atoms with Crippen molar-refractivity contribution in [3.05, 3.63) is 35.3 Å². The van der Waals surface area contributed by atoms with Gasteiger partial charge in [-0.3, -0.25) is 4.79 Å². The van der Waals surface area contributed by atoms with Crippen LogP contribution in [0.15, 0.2) is 18.2 Å². The van der Waals surface area contributed by atoms with E-state index in [2.05, 4.69) is 4.98 Å². The molecule has 0 unspecified atom stereocenters. The topological polar surface area (TPSA) is 36.1 Å². The number of benzene rings is 1. The molecule has 0 bridgehead atoms. The van der Waals surface area contributed by atoms with E-state index in [4.69, 9.17) is 0 Å². The SMILES string of the molecule is CC(C)C(=O)N1CCc2[nH]c3cc(F)ccc3c2C1. The first kappa shape index (κ1) is 12.2. The van der Waals surface area contributed by atoms with Gasteiger partial charge < -0.3 is 9.88 Å². The van der Waals surface area contributed by atoms with Gasteiger partial charge in [-0.1, -0.05) is 13.8 Å². The van der Waals surface area contributed by atoms with Crippen LogP contribution < -0.4 is 0 Å².